The Morgan fingerprint density at radius 1 is 1.06 bits per heavy atom. The van der Waals surface area contributed by atoms with E-state index in [0.29, 0.717) is 4.75 Å². The Morgan fingerprint density at radius 3 is 2.24 bits per heavy atom. The molecule has 0 atom stereocenters. The minimum Gasteiger partial charge on any atom is -0.264 e. The third-order valence-electron chi connectivity index (χ3n) is 4.95. The van der Waals surface area contributed by atoms with Crippen LogP contribution in [0.1, 0.15) is 38.5 Å². The molecule has 1 heterocycles. The second-order valence-corrected chi connectivity index (χ2v) is 7.93. The van der Waals surface area contributed by atoms with E-state index in [0.717, 1.165) is 17.8 Å². The van der Waals surface area contributed by atoms with E-state index in [4.69, 9.17) is 0 Å². The predicted octanol–water partition coefficient (Wildman–Crippen LogP) is 4.14. The number of nitrogens with zero attached hydrogens (tertiary/aromatic N) is 1. The van der Waals surface area contributed by atoms with Crippen LogP contribution >= 0.6 is 11.8 Å². The van der Waals surface area contributed by atoms with E-state index in [1.807, 2.05) is 12.4 Å². The highest BCUT2D eigenvalue weighted by atomic mass is 32.2. The van der Waals surface area contributed by atoms with Crippen LogP contribution in [0.4, 0.5) is 0 Å². The van der Waals surface area contributed by atoms with Gasteiger partial charge in [0.05, 0.1) is 0 Å². The Hall–Kier alpha value is -0.500. The third-order valence-corrected chi connectivity index (χ3v) is 6.36. The van der Waals surface area contributed by atoms with Gasteiger partial charge in [0.15, 0.2) is 0 Å². The number of rotatable bonds is 2. The van der Waals surface area contributed by atoms with Crippen LogP contribution in [0.3, 0.4) is 0 Å². The molecule has 17 heavy (non-hydrogen) atoms. The summed E-state index contributed by atoms with van der Waals surface area (Å²) in [5.41, 5.74) is 0. The van der Waals surface area contributed by atoms with Gasteiger partial charge in [0, 0.05) is 22.0 Å². The van der Waals surface area contributed by atoms with Gasteiger partial charge >= 0.3 is 0 Å². The van der Waals surface area contributed by atoms with E-state index in [1.165, 1.54) is 43.4 Å². The highest BCUT2D eigenvalue weighted by molar-refractivity contribution is 8.00. The van der Waals surface area contributed by atoms with Crippen LogP contribution in [0.25, 0.3) is 0 Å². The summed E-state index contributed by atoms with van der Waals surface area (Å²) in [4.78, 5) is 5.65. The fourth-order valence-electron chi connectivity index (χ4n) is 4.81. The third kappa shape index (κ3) is 1.81. The van der Waals surface area contributed by atoms with E-state index in [9.17, 15) is 0 Å². The quantitative estimate of drug-likeness (QED) is 0.776. The topological polar surface area (TPSA) is 12.9 Å². The first kappa shape index (κ1) is 10.4. The lowest BCUT2D eigenvalue weighted by Crippen LogP contribution is -2.48. The molecule has 0 saturated heterocycles. The van der Waals surface area contributed by atoms with Gasteiger partial charge in [0.2, 0.25) is 0 Å². The standard InChI is InChI=1S/C15H19NS/c1-2-14(10-16-3-1)17-15-7-11-4-12(8-15)6-13(5-11)9-15/h1-3,10-13H,4-9H2. The number of hydrogen-bond donors (Lipinski definition) is 0. The van der Waals surface area contributed by atoms with Crippen molar-refractivity contribution < 1.29 is 0 Å². The van der Waals surface area contributed by atoms with Crippen molar-refractivity contribution >= 4 is 11.8 Å². The lowest BCUT2D eigenvalue weighted by atomic mass is 9.56. The van der Waals surface area contributed by atoms with Crippen molar-refractivity contribution in [3.63, 3.8) is 0 Å². The molecule has 0 amide bonds. The predicted molar refractivity (Wildman–Crippen MR) is 71.0 cm³/mol. The normalized spacial score (nSPS) is 42.9. The molecular weight excluding hydrogens is 226 g/mol. The molecule has 2 heteroatoms. The highest BCUT2D eigenvalue weighted by Crippen LogP contribution is 2.61. The maximum atomic E-state index is 4.26. The van der Waals surface area contributed by atoms with Gasteiger partial charge in [-0.25, -0.2) is 0 Å². The zero-order valence-corrected chi connectivity index (χ0v) is 11.0. The second kappa shape index (κ2) is 3.74. The van der Waals surface area contributed by atoms with Crippen LogP contribution < -0.4 is 0 Å². The van der Waals surface area contributed by atoms with Crippen LogP contribution in [0.2, 0.25) is 0 Å². The molecule has 4 aliphatic rings. The van der Waals surface area contributed by atoms with Crippen LogP contribution in [-0.2, 0) is 0 Å². The van der Waals surface area contributed by atoms with Crippen molar-refractivity contribution in [1.82, 2.24) is 4.98 Å². The van der Waals surface area contributed by atoms with Gasteiger partial charge in [0.1, 0.15) is 0 Å². The number of hydrogen-bond acceptors (Lipinski definition) is 2. The molecule has 0 aromatic carbocycles. The molecule has 0 aliphatic heterocycles. The van der Waals surface area contributed by atoms with Crippen molar-refractivity contribution in [2.45, 2.75) is 48.2 Å². The summed E-state index contributed by atoms with van der Waals surface area (Å²) in [6.07, 6.45) is 12.9. The van der Waals surface area contributed by atoms with Gasteiger partial charge in [-0.2, -0.15) is 0 Å². The number of thioether (sulfide) groups is 1. The molecule has 4 bridgehead atoms. The first-order chi connectivity index (χ1) is 8.31. The number of aromatic nitrogens is 1. The summed E-state index contributed by atoms with van der Waals surface area (Å²) in [6.45, 7) is 0. The Morgan fingerprint density at radius 2 is 1.71 bits per heavy atom. The Labute approximate surface area is 107 Å². The molecule has 0 radical (unpaired) electrons. The fraction of sp³-hybridized carbons (Fsp3) is 0.667. The lowest BCUT2D eigenvalue weighted by Gasteiger charge is -2.56. The van der Waals surface area contributed by atoms with Gasteiger partial charge in [-0.15, -0.1) is 11.8 Å². The molecule has 0 unspecified atom stereocenters. The zero-order valence-electron chi connectivity index (χ0n) is 10.1. The van der Waals surface area contributed by atoms with Crippen LogP contribution in [0.15, 0.2) is 29.4 Å². The summed E-state index contributed by atoms with van der Waals surface area (Å²) in [5.74, 6) is 3.14. The van der Waals surface area contributed by atoms with Gasteiger partial charge in [-0.1, -0.05) is 0 Å². The van der Waals surface area contributed by atoms with Gasteiger partial charge < -0.3 is 0 Å². The molecular formula is C15H19NS. The summed E-state index contributed by atoms with van der Waals surface area (Å²) >= 11 is 2.14. The van der Waals surface area contributed by atoms with Crippen molar-refractivity contribution in [3.05, 3.63) is 24.5 Å². The largest absolute Gasteiger partial charge is 0.264 e. The van der Waals surface area contributed by atoms with Gasteiger partial charge in [-0.3, -0.25) is 4.98 Å². The molecule has 1 nitrogen and oxygen atoms in total. The maximum Gasteiger partial charge on any atom is 0.0404 e. The molecule has 4 aliphatic carbocycles. The highest BCUT2D eigenvalue weighted by Gasteiger charge is 2.51. The average Bonchev–Trinajstić information content (AvgIpc) is 2.27. The summed E-state index contributed by atoms with van der Waals surface area (Å²) in [5, 5.41) is 0. The molecule has 5 rings (SSSR count). The van der Waals surface area contributed by atoms with Crippen LogP contribution in [0, 0.1) is 17.8 Å². The first-order valence-electron chi connectivity index (χ1n) is 6.90. The Kier molecular flexibility index (Phi) is 2.30. The lowest BCUT2D eigenvalue weighted by molar-refractivity contribution is 0.0383. The van der Waals surface area contributed by atoms with E-state index < -0.39 is 0 Å². The Balaban J connectivity index is 1.61. The summed E-state index contributed by atoms with van der Waals surface area (Å²) in [6, 6.07) is 4.30. The molecule has 90 valence electrons. The zero-order chi connectivity index (χ0) is 11.3. The average molecular weight is 245 g/mol. The first-order valence-corrected chi connectivity index (χ1v) is 7.72. The minimum atomic E-state index is 0.581. The molecule has 0 N–H and O–H groups in total. The van der Waals surface area contributed by atoms with E-state index in [1.54, 1.807) is 0 Å². The van der Waals surface area contributed by atoms with Gasteiger partial charge in [-0.05, 0) is 68.4 Å². The molecule has 4 fully saturated rings. The maximum absolute atomic E-state index is 4.26. The van der Waals surface area contributed by atoms with Crippen molar-refractivity contribution in [3.8, 4) is 0 Å². The fourth-order valence-corrected chi connectivity index (χ4v) is 6.53. The van der Waals surface area contributed by atoms with E-state index in [2.05, 4.69) is 28.9 Å². The Bertz CT molecular complexity index is 379. The monoisotopic (exact) mass is 245 g/mol. The van der Waals surface area contributed by atoms with E-state index >= 15 is 0 Å². The number of pyridine rings is 1. The van der Waals surface area contributed by atoms with Crippen molar-refractivity contribution in [1.29, 1.82) is 0 Å². The summed E-state index contributed by atoms with van der Waals surface area (Å²) in [7, 11) is 0. The van der Waals surface area contributed by atoms with Gasteiger partial charge in [0.25, 0.3) is 0 Å². The SMILES string of the molecule is c1cncc(SC23CC4CC(CC(C4)C2)C3)c1. The van der Waals surface area contributed by atoms with E-state index in [-0.39, 0.29) is 0 Å². The molecule has 0 spiro atoms. The second-order valence-electron chi connectivity index (χ2n) is 6.39. The minimum absolute atomic E-state index is 0.581. The smallest absolute Gasteiger partial charge is 0.0404 e. The molecule has 4 saturated carbocycles. The summed E-state index contributed by atoms with van der Waals surface area (Å²) < 4.78 is 0.581. The van der Waals surface area contributed by atoms with Crippen molar-refractivity contribution in [2.75, 3.05) is 0 Å². The van der Waals surface area contributed by atoms with Crippen LogP contribution in [0.5, 0.6) is 0 Å². The van der Waals surface area contributed by atoms with Crippen LogP contribution in [-0.4, -0.2) is 9.73 Å². The molecule has 1 aromatic heterocycles. The van der Waals surface area contributed by atoms with Crippen molar-refractivity contribution in [2.24, 2.45) is 17.8 Å². The molecule has 1 aromatic rings.